The Hall–Kier alpha value is -4.43. The number of benzene rings is 2. The fraction of sp³-hybridized carbons (Fsp3) is 0.587. The fourth-order valence-corrected chi connectivity index (χ4v) is 13.4. The topological polar surface area (TPSA) is 154 Å². The number of aromatic nitrogens is 1. The Morgan fingerprint density at radius 3 is 2.47 bits per heavy atom. The van der Waals surface area contributed by atoms with Gasteiger partial charge in [0.25, 0.3) is 0 Å². The van der Waals surface area contributed by atoms with Crippen molar-refractivity contribution in [1.29, 1.82) is 0 Å². The number of ether oxygens (including phenoxy) is 4. The van der Waals surface area contributed by atoms with Gasteiger partial charge in [0, 0.05) is 95.0 Å². The Morgan fingerprint density at radius 2 is 1.76 bits per heavy atom. The molecule has 1 unspecified atom stereocenters. The number of fused-ring (bicyclic) bond motifs is 6. The lowest BCUT2D eigenvalue weighted by molar-refractivity contribution is -0.228. The first-order valence-corrected chi connectivity index (χ1v) is 21.0. The van der Waals surface area contributed by atoms with E-state index in [0.717, 1.165) is 29.1 Å². The predicted molar refractivity (Wildman–Crippen MR) is 220 cm³/mol. The summed E-state index contributed by atoms with van der Waals surface area (Å²) in [6.07, 6.45) is 4.78. The third kappa shape index (κ3) is 5.20. The minimum absolute atomic E-state index is 0.150. The van der Waals surface area contributed by atoms with E-state index in [-0.39, 0.29) is 18.8 Å². The molecule has 1 aliphatic carbocycles. The molecule has 10 atom stereocenters. The van der Waals surface area contributed by atoms with Gasteiger partial charge in [-0.15, -0.1) is 0 Å². The third-order valence-corrected chi connectivity index (χ3v) is 15.5. The van der Waals surface area contributed by atoms with Gasteiger partial charge in [0.1, 0.15) is 11.2 Å². The second kappa shape index (κ2) is 13.8. The number of para-hydroxylation sites is 1. The first-order chi connectivity index (χ1) is 29.4. The molecule has 1 saturated carbocycles. The molecule has 3 N–H and O–H groups in total. The predicted octanol–water partition coefficient (Wildman–Crippen LogP) is 3.99. The maximum atomic E-state index is 15.4. The van der Waals surface area contributed by atoms with E-state index >= 15 is 4.79 Å². The Bertz CT molecular complexity index is 2370. The summed E-state index contributed by atoms with van der Waals surface area (Å²) in [5.74, 6) is -2.85. The largest absolute Gasteiger partial charge is 0.496 e. The van der Waals surface area contributed by atoms with Crippen molar-refractivity contribution in [2.45, 2.75) is 99.4 Å². The van der Waals surface area contributed by atoms with Crippen LogP contribution < -0.4 is 9.64 Å². The third-order valence-electron chi connectivity index (χ3n) is 15.5. The highest BCUT2D eigenvalue weighted by atomic mass is 16.6. The van der Waals surface area contributed by atoms with E-state index in [1.54, 1.807) is 14.2 Å². The highest BCUT2D eigenvalue weighted by molar-refractivity contribution is 5.95. The van der Waals surface area contributed by atoms with Crippen LogP contribution in [0.4, 0.5) is 5.69 Å². The van der Waals surface area contributed by atoms with E-state index < -0.39 is 70.4 Å². The molecule has 2 saturated heterocycles. The van der Waals surface area contributed by atoms with Gasteiger partial charge in [-0.05, 0) is 74.2 Å². The lowest BCUT2D eigenvalue weighted by Crippen LogP contribution is -2.81. The molecular weight excluding hydrogens is 753 g/mol. The number of aromatic amines is 1. The Balaban J connectivity index is 1.35. The van der Waals surface area contributed by atoms with Crippen LogP contribution in [-0.2, 0) is 45.8 Å². The number of nitrogens with zero attached hydrogens (tertiary/aromatic N) is 3. The molecule has 6 heterocycles. The molecule has 3 aromatic rings. The van der Waals surface area contributed by atoms with Crippen LogP contribution in [0.3, 0.4) is 0 Å². The summed E-state index contributed by atoms with van der Waals surface area (Å²) in [6, 6.07) is 10.3. The smallest absolute Gasteiger partial charge is 0.344 e. The monoisotopic (exact) mass is 813 g/mol. The van der Waals surface area contributed by atoms with Crippen LogP contribution in [-0.4, -0.2) is 133 Å². The summed E-state index contributed by atoms with van der Waals surface area (Å²) < 4.78 is 47.5. The number of nitrogens with one attached hydrogen (secondary N) is 1. The number of piperidine rings is 1. The number of likely N-dealkylation sites (N-methyl/N-ethyl adjacent to an activating group) is 1. The number of anilines is 1. The lowest BCUT2D eigenvalue weighted by Gasteiger charge is -2.63. The second-order valence-electron chi connectivity index (χ2n) is 18.0. The molecule has 2 bridgehead atoms. The normalized spacial score (nSPS) is 37.9. The molecule has 0 radical (unpaired) electrons. The van der Waals surface area contributed by atoms with Gasteiger partial charge >= 0.3 is 17.9 Å². The number of esters is 3. The number of H-pyrrole nitrogens is 1. The summed E-state index contributed by atoms with van der Waals surface area (Å²) in [5.41, 5.74) is -2.90. The molecule has 13 nitrogen and oxygen atoms in total. The average molecular weight is 814 g/mol. The van der Waals surface area contributed by atoms with Crippen molar-refractivity contribution in [3.8, 4) is 5.75 Å². The molecule has 316 valence electrons. The number of rotatable bonds is 7. The average Bonchev–Trinajstić information content (AvgIpc) is 3.92. The van der Waals surface area contributed by atoms with Gasteiger partial charge in [0.05, 0.1) is 33.0 Å². The quantitative estimate of drug-likeness (QED) is 0.180. The molecule has 9 rings (SSSR count). The number of hydrogen-bond acceptors (Lipinski definition) is 12. The van der Waals surface area contributed by atoms with E-state index in [4.69, 9.17) is 23.1 Å². The molecular formula is C46H58N4O9. The number of aliphatic hydroxyl groups is 2. The van der Waals surface area contributed by atoms with E-state index in [9.17, 15) is 19.8 Å². The van der Waals surface area contributed by atoms with Gasteiger partial charge in [-0.3, -0.25) is 19.4 Å². The van der Waals surface area contributed by atoms with E-state index in [2.05, 4.69) is 20.9 Å². The highest BCUT2D eigenvalue weighted by Gasteiger charge is 2.80. The lowest BCUT2D eigenvalue weighted by atomic mass is 9.47. The van der Waals surface area contributed by atoms with Crippen LogP contribution in [0, 0.1) is 11.3 Å². The van der Waals surface area contributed by atoms with Gasteiger partial charge in [-0.1, -0.05) is 44.2 Å². The van der Waals surface area contributed by atoms with Crippen molar-refractivity contribution in [1.82, 2.24) is 14.8 Å². The molecule has 2 aromatic carbocycles. The van der Waals surface area contributed by atoms with Crippen LogP contribution in [0.1, 0.15) is 79.3 Å². The van der Waals surface area contributed by atoms with Crippen molar-refractivity contribution in [3.63, 3.8) is 0 Å². The van der Waals surface area contributed by atoms with E-state index in [0.29, 0.717) is 81.1 Å². The summed E-state index contributed by atoms with van der Waals surface area (Å²) in [6.45, 7) is 3.64. The Kier molecular flexibility index (Phi) is 8.52. The van der Waals surface area contributed by atoms with Gasteiger partial charge in [-0.2, -0.15) is 0 Å². The van der Waals surface area contributed by atoms with Crippen LogP contribution in [0.15, 0.2) is 48.6 Å². The van der Waals surface area contributed by atoms with E-state index in [1.165, 1.54) is 7.11 Å². The Morgan fingerprint density at radius 1 is 0.983 bits per heavy atom. The molecule has 6 aliphatic rings. The minimum atomic E-state index is -3.18. The first kappa shape index (κ1) is 36.4. The molecule has 0 amide bonds. The van der Waals surface area contributed by atoms with Crippen molar-refractivity contribution >= 4 is 34.5 Å². The molecule has 13 heteroatoms. The van der Waals surface area contributed by atoms with Crippen molar-refractivity contribution < 1.29 is 47.7 Å². The minimum Gasteiger partial charge on any atom is -0.496 e. The van der Waals surface area contributed by atoms with Crippen molar-refractivity contribution in [3.05, 3.63) is 70.9 Å². The standard InChI is InChI=1S/C46H58N4O9/c1-8-42(54)23-28-24-45(40(52)57-6,36-30(15-19-49(25-28)26-42)29-13-10-11-14-33(29)47-36)32-21-31-34(22-35(32)56-5)48(4)38-44(31)17-20-50-18-12-16-43(9-2,37(44)50)39(59-27(3)51)46(38,55)41(53)58-7/h10-14,16,21-22,28,37-39,47,54-55H,8-9,15,17-20,23-26H2,1-7H3/t28-,37+,38-,39-,42+,43-,44-,45+,46+/m1/s1/i3D3. The number of carbonyl (C=O) groups is 3. The summed E-state index contributed by atoms with van der Waals surface area (Å²) in [5, 5.41) is 26.4. The van der Waals surface area contributed by atoms with Crippen LogP contribution in [0.5, 0.6) is 5.75 Å². The Labute approximate surface area is 349 Å². The van der Waals surface area contributed by atoms with Crippen LogP contribution >= 0.6 is 0 Å². The summed E-state index contributed by atoms with van der Waals surface area (Å²) in [7, 11) is 5.87. The second-order valence-corrected chi connectivity index (χ2v) is 18.0. The number of carbonyl (C=O) groups excluding carboxylic acids is 3. The van der Waals surface area contributed by atoms with Gasteiger partial charge in [0.2, 0.25) is 5.60 Å². The molecule has 1 aromatic heterocycles. The fourth-order valence-electron chi connectivity index (χ4n) is 13.4. The van der Waals surface area contributed by atoms with E-state index in [1.807, 2.05) is 61.2 Å². The highest BCUT2D eigenvalue weighted by Crippen LogP contribution is 2.68. The maximum absolute atomic E-state index is 15.4. The van der Waals surface area contributed by atoms with Crippen LogP contribution in [0.25, 0.3) is 10.9 Å². The van der Waals surface area contributed by atoms with Crippen molar-refractivity contribution in [2.24, 2.45) is 11.3 Å². The molecule has 1 spiro atoms. The van der Waals surface area contributed by atoms with Gasteiger partial charge < -0.3 is 39.0 Å². The SMILES string of the molecule is [2H]C([2H])([2H])C(=O)O[C@@H]1[C@]2(CC)C=CCN3CC[C@@]4(c5cc([C@@]6(C(=O)OC)C[C@@H]7CN(CCc8c6[nH]c6ccccc86)C[C@](O)(CC)C7)c(OC)cc5N(C)[C@H]4[C@@]1(O)C(=O)OC)[C@@H]32. The van der Waals surface area contributed by atoms with Crippen molar-refractivity contribution in [2.75, 3.05) is 66.0 Å². The molecule has 3 fully saturated rings. The zero-order valence-electron chi connectivity index (χ0n) is 37.8. The number of hydrogen-bond donors (Lipinski definition) is 3. The zero-order valence-corrected chi connectivity index (χ0v) is 34.8. The first-order valence-electron chi connectivity index (χ1n) is 22.5. The van der Waals surface area contributed by atoms with Gasteiger partial charge in [-0.25, -0.2) is 4.79 Å². The van der Waals surface area contributed by atoms with Gasteiger partial charge in [0.15, 0.2) is 6.10 Å². The zero-order chi connectivity index (χ0) is 44.4. The number of methoxy groups -OCH3 is 3. The molecule has 59 heavy (non-hydrogen) atoms. The summed E-state index contributed by atoms with van der Waals surface area (Å²) >= 11 is 0. The summed E-state index contributed by atoms with van der Waals surface area (Å²) in [4.78, 5) is 53.4. The molecule has 5 aliphatic heterocycles. The maximum Gasteiger partial charge on any atom is 0.344 e. The van der Waals surface area contributed by atoms with Crippen LogP contribution in [0.2, 0.25) is 0 Å².